The number of anilines is 1. The number of hydrogen-bond donors (Lipinski definition) is 2. The van der Waals surface area contributed by atoms with Crippen LogP contribution in [0.2, 0.25) is 0 Å². The molecule has 5 nitrogen and oxygen atoms in total. The maximum atomic E-state index is 12.0. The Morgan fingerprint density at radius 3 is 2.48 bits per heavy atom. The number of aliphatic imine (C=N–C) groups is 1. The zero-order valence-corrected chi connectivity index (χ0v) is 14.6. The van der Waals surface area contributed by atoms with E-state index in [0.717, 1.165) is 36.6 Å². The van der Waals surface area contributed by atoms with Gasteiger partial charge in [-0.05, 0) is 51.3 Å². The minimum absolute atomic E-state index is 0.0275. The van der Waals surface area contributed by atoms with E-state index in [4.69, 9.17) is 0 Å². The second kappa shape index (κ2) is 7.49. The fourth-order valence-electron chi connectivity index (χ4n) is 2.59. The van der Waals surface area contributed by atoms with Gasteiger partial charge in [0.1, 0.15) is 0 Å². The van der Waals surface area contributed by atoms with Crippen molar-refractivity contribution in [3.8, 4) is 0 Å². The molecule has 1 aromatic rings. The van der Waals surface area contributed by atoms with Crippen molar-refractivity contribution in [2.45, 2.75) is 52.1 Å². The Morgan fingerprint density at radius 2 is 1.91 bits per heavy atom. The van der Waals surface area contributed by atoms with Crippen LogP contribution in [-0.4, -0.2) is 31.0 Å². The van der Waals surface area contributed by atoms with Gasteiger partial charge in [0.25, 0.3) is 0 Å². The molecule has 0 unspecified atom stereocenters. The summed E-state index contributed by atoms with van der Waals surface area (Å²) in [6, 6.07) is 8.18. The minimum atomic E-state index is -0.0275. The van der Waals surface area contributed by atoms with E-state index in [9.17, 15) is 4.79 Å². The normalized spacial score (nSPS) is 16.4. The highest BCUT2D eigenvalue weighted by Crippen LogP contribution is 2.21. The first-order valence-corrected chi connectivity index (χ1v) is 8.27. The highest BCUT2D eigenvalue weighted by Gasteiger charge is 2.19. The van der Waals surface area contributed by atoms with Crippen LogP contribution >= 0.6 is 0 Å². The smallest absolute Gasteiger partial charge is 0.226 e. The Bertz CT molecular complexity index is 557. The van der Waals surface area contributed by atoms with E-state index >= 15 is 0 Å². The quantitative estimate of drug-likeness (QED) is 0.666. The molecule has 0 bridgehead atoms. The maximum absolute atomic E-state index is 12.0. The molecule has 1 aliphatic heterocycles. The Hall–Kier alpha value is -2.04. The van der Waals surface area contributed by atoms with E-state index in [-0.39, 0.29) is 11.4 Å². The number of guanidine groups is 1. The number of carbonyl (C=O) groups excluding carboxylic acids is 1. The predicted molar refractivity (Wildman–Crippen MR) is 95.7 cm³/mol. The van der Waals surface area contributed by atoms with Gasteiger partial charge in [-0.2, -0.15) is 0 Å². The van der Waals surface area contributed by atoms with Gasteiger partial charge in [-0.3, -0.25) is 9.79 Å². The van der Waals surface area contributed by atoms with Crippen molar-refractivity contribution in [2.75, 3.05) is 18.5 Å². The Balaban J connectivity index is 1.93. The first-order chi connectivity index (χ1) is 10.9. The molecule has 1 saturated heterocycles. The molecule has 2 rings (SSSR count). The van der Waals surface area contributed by atoms with E-state index in [1.54, 1.807) is 7.05 Å². The van der Waals surface area contributed by atoms with Crippen molar-refractivity contribution in [1.82, 2.24) is 10.6 Å². The fourth-order valence-corrected chi connectivity index (χ4v) is 2.59. The lowest BCUT2D eigenvalue weighted by atomic mass is 10.1. The van der Waals surface area contributed by atoms with Gasteiger partial charge in [0.2, 0.25) is 5.91 Å². The molecule has 0 radical (unpaired) electrons. The maximum Gasteiger partial charge on any atom is 0.226 e. The van der Waals surface area contributed by atoms with Crippen LogP contribution in [0, 0.1) is 0 Å². The van der Waals surface area contributed by atoms with Crippen LogP contribution in [0.4, 0.5) is 5.69 Å². The summed E-state index contributed by atoms with van der Waals surface area (Å²) in [6.07, 6.45) is 2.76. The second-order valence-corrected chi connectivity index (χ2v) is 6.97. The zero-order chi connectivity index (χ0) is 16.9. The van der Waals surface area contributed by atoms with Gasteiger partial charge in [-0.25, -0.2) is 0 Å². The summed E-state index contributed by atoms with van der Waals surface area (Å²) in [7, 11) is 1.77. The zero-order valence-electron chi connectivity index (χ0n) is 14.6. The van der Waals surface area contributed by atoms with Gasteiger partial charge in [-0.15, -0.1) is 0 Å². The van der Waals surface area contributed by atoms with Crippen molar-refractivity contribution in [3.05, 3.63) is 29.8 Å². The standard InChI is InChI=1S/C18H28N4O/c1-18(2,3)21-17(19-4)20-13-14-8-10-15(11-9-14)22-12-6-5-7-16(22)23/h8-11H,5-7,12-13H2,1-4H3,(H2,19,20,21). The molecule has 1 aromatic carbocycles. The predicted octanol–water partition coefficient (Wildman–Crippen LogP) is 2.67. The molecule has 126 valence electrons. The third-order valence-corrected chi connectivity index (χ3v) is 3.75. The number of benzene rings is 1. The fraction of sp³-hybridized carbons (Fsp3) is 0.556. The number of nitrogens with one attached hydrogen (secondary N) is 2. The molecule has 0 saturated carbocycles. The topological polar surface area (TPSA) is 56.7 Å². The Kier molecular flexibility index (Phi) is 5.64. The van der Waals surface area contributed by atoms with Crippen LogP contribution < -0.4 is 15.5 Å². The van der Waals surface area contributed by atoms with Crippen molar-refractivity contribution >= 4 is 17.6 Å². The second-order valence-electron chi connectivity index (χ2n) is 6.97. The monoisotopic (exact) mass is 316 g/mol. The van der Waals surface area contributed by atoms with Crippen molar-refractivity contribution in [3.63, 3.8) is 0 Å². The lowest BCUT2D eigenvalue weighted by Crippen LogP contribution is -2.47. The molecule has 1 amide bonds. The lowest BCUT2D eigenvalue weighted by Gasteiger charge is -2.27. The van der Waals surface area contributed by atoms with E-state index in [1.807, 2.05) is 17.0 Å². The van der Waals surface area contributed by atoms with Crippen molar-refractivity contribution < 1.29 is 4.79 Å². The number of amides is 1. The van der Waals surface area contributed by atoms with Gasteiger partial charge in [0.15, 0.2) is 5.96 Å². The molecule has 0 aliphatic carbocycles. The van der Waals surface area contributed by atoms with E-state index in [2.05, 4.69) is 48.5 Å². The summed E-state index contributed by atoms with van der Waals surface area (Å²) in [5.41, 5.74) is 2.13. The minimum Gasteiger partial charge on any atom is -0.352 e. The van der Waals surface area contributed by atoms with Gasteiger partial charge in [-0.1, -0.05) is 12.1 Å². The van der Waals surface area contributed by atoms with Crippen LogP contribution in [0.25, 0.3) is 0 Å². The molecule has 2 N–H and O–H groups in total. The molecular weight excluding hydrogens is 288 g/mol. The molecule has 0 aromatic heterocycles. The average molecular weight is 316 g/mol. The summed E-state index contributed by atoms with van der Waals surface area (Å²) >= 11 is 0. The molecule has 1 fully saturated rings. The molecule has 0 atom stereocenters. The number of carbonyl (C=O) groups is 1. The Morgan fingerprint density at radius 1 is 1.22 bits per heavy atom. The van der Waals surface area contributed by atoms with Crippen LogP contribution in [0.15, 0.2) is 29.3 Å². The number of nitrogens with zero attached hydrogens (tertiary/aromatic N) is 2. The van der Waals surface area contributed by atoms with Gasteiger partial charge in [0, 0.05) is 37.8 Å². The number of piperidine rings is 1. The van der Waals surface area contributed by atoms with Gasteiger partial charge in [0.05, 0.1) is 0 Å². The van der Waals surface area contributed by atoms with Crippen LogP contribution in [0.3, 0.4) is 0 Å². The highest BCUT2D eigenvalue weighted by atomic mass is 16.2. The van der Waals surface area contributed by atoms with E-state index in [1.165, 1.54) is 0 Å². The van der Waals surface area contributed by atoms with E-state index in [0.29, 0.717) is 13.0 Å². The number of rotatable bonds is 3. The summed E-state index contributed by atoms with van der Waals surface area (Å²) in [6.45, 7) is 7.83. The van der Waals surface area contributed by atoms with Crippen molar-refractivity contribution in [1.29, 1.82) is 0 Å². The lowest BCUT2D eigenvalue weighted by molar-refractivity contribution is -0.119. The highest BCUT2D eigenvalue weighted by molar-refractivity contribution is 5.93. The van der Waals surface area contributed by atoms with Crippen LogP contribution in [0.1, 0.15) is 45.6 Å². The third-order valence-electron chi connectivity index (χ3n) is 3.75. The van der Waals surface area contributed by atoms with Crippen LogP contribution in [0.5, 0.6) is 0 Å². The SMILES string of the molecule is CN=C(NCc1ccc(N2CCCCC2=O)cc1)NC(C)(C)C. The van der Waals surface area contributed by atoms with E-state index < -0.39 is 0 Å². The molecule has 23 heavy (non-hydrogen) atoms. The average Bonchev–Trinajstić information content (AvgIpc) is 2.51. The summed E-state index contributed by atoms with van der Waals surface area (Å²) in [4.78, 5) is 18.1. The van der Waals surface area contributed by atoms with Crippen molar-refractivity contribution in [2.24, 2.45) is 4.99 Å². The third kappa shape index (κ3) is 5.27. The largest absolute Gasteiger partial charge is 0.352 e. The Labute approximate surface area is 139 Å². The molecule has 1 aliphatic rings. The van der Waals surface area contributed by atoms with Crippen LogP contribution in [-0.2, 0) is 11.3 Å². The molecule has 1 heterocycles. The summed E-state index contributed by atoms with van der Waals surface area (Å²) < 4.78 is 0. The molecule has 0 spiro atoms. The molecule has 5 heteroatoms. The van der Waals surface area contributed by atoms with Gasteiger partial charge < -0.3 is 15.5 Å². The summed E-state index contributed by atoms with van der Waals surface area (Å²) in [5, 5.41) is 6.64. The number of hydrogen-bond acceptors (Lipinski definition) is 2. The summed E-state index contributed by atoms with van der Waals surface area (Å²) in [5.74, 6) is 1.02. The first kappa shape index (κ1) is 17.3. The first-order valence-electron chi connectivity index (χ1n) is 8.27. The van der Waals surface area contributed by atoms with Gasteiger partial charge >= 0.3 is 0 Å². The molecular formula is C18H28N4O.